The zero-order chi connectivity index (χ0) is 12.3. The van der Waals surface area contributed by atoms with Crippen molar-refractivity contribution in [3.8, 4) is 0 Å². The molecule has 0 amide bonds. The van der Waals surface area contributed by atoms with Crippen LogP contribution in [0.15, 0.2) is 28.4 Å². The smallest absolute Gasteiger partial charge is 0.0692 e. The van der Waals surface area contributed by atoms with E-state index in [2.05, 4.69) is 23.3 Å². The zero-order valence-corrected chi connectivity index (χ0v) is 10.9. The van der Waals surface area contributed by atoms with Gasteiger partial charge in [-0.15, -0.1) is 0 Å². The Morgan fingerprint density at radius 1 is 1.53 bits per heavy atom. The molecule has 0 spiro atoms. The largest absolute Gasteiger partial charge is 0.404 e. The topological polar surface area (TPSA) is 50.4 Å². The lowest BCUT2D eigenvalue weighted by atomic mass is 9.89. The Morgan fingerprint density at radius 2 is 2.24 bits per heavy atom. The highest BCUT2D eigenvalue weighted by Crippen LogP contribution is 2.27. The number of piperidine rings is 1. The molecule has 2 heterocycles. The number of nitrogens with one attached hydrogen (secondary N) is 1. The van der Waals surface area contributed by atoms with Crippen molar-refractivity contribution in [2.75, 3.05) is 13.1 Å². The number of rotatable bonds is 3. The van der Waals surface area contributed by atoms with Crippen LogP contribution in [0.25, 0.3) is 0 Å². The van der Waals surface area contributed by atoms with E-state index in [4.69, 9.17) is 5.73 Å². The molecule has 0 aromatic rings. The Hall–Kier alpha value is -1.09. The third kappa shape index (κ3) is 2.97. The molecule has 1 unspecified atom stereocenters. The fraction of sp³-hybridized carbons (Fsp3) is 0.643. The summed E-state index contributed by atoms with van der Waals surface area (Å²) in [6.45, 7) is 6.54. The summed E-state index contributed by atoms with van der Waals surface area (Å²) in [5.74, 6) is 0.835. The van der Waals surface area contributed by atoms with Crippen molar-refractivity contribution < 1.29 is 0 Å². The second kappa shape index (κ2) is 5.50. The molecule has 94 valence electrons. The fourth-order valence-electron chi connectivity index (χ4n) is 2.57. The number of nitrogens with two attached hydrogens (primary N) is 1. The van der Waals surface area contributed by atoms with Gasteiger partial charge in [0.1, 0.15) is 0 Å². The molecule has 3 heteroatoms. The predicted molar refractivity (Wildman–Crippen MR) is 73.1 cm³/mol. The molecule has 0 saturated carbocycles. The van der Waals surface area contributed by atoms with Gasteiger partial charge in [-0.3, -0.25) is 4.99 Å². The van der Waals surface area contributed by atoms with Crippen LogP contribution in [0.1, 0.15) is 33.1 Å². The van der Waals surface area contributed by atoms with E-state index < -0.39 is 0 Å². The zero-order valence-electron chi connectivity index (χ0n) is 10.9. The maximum Gasteiger partial charge on any atom is 0.0692 e. The second-order valence-corrected chi connectivity index (χ2v) is 5.16. The molecule has 2 aliphatic heterocycles. The van der Waals surface area contributed by atoms with Crippen LogP contribution >= 0.6 is 0 Å². The Bertz CT molecular complexity index is 360. The van der Waals surface area contributed by atoms with Crippen molar-refractivity contribution in [1.82, 2.24) is 5.32 Å². The van der Waals surface area contributed by atoms with Crippen LogP contribution in [0, 0.1) is 5.92 Å². The number of allylic oxidation sites excluding steroid dienone is 2. The van der Waals surface area contributed by atoms with Crippen molar-refractivity contribution in [2.24, 2.45) is 16.6 Å². The van der Waals surface area contributed by atoms with Gasteiger partial charge in [-0.1, -0.05) is 0 Å². The van der Waals surface area contributed by atoms with E-state index in [9.17, 15) is 0 Å². The number of nitrogens with zero attached hydrogens (tertiary/aromatic N) is 1. The fourth-order valence-corrected chi connectivity index (χ4v) is 2.57. The van der Waals surface area contributed by atoms with Crippen molar-refractivity contribution in [3.05, 3.63) is 23.4 Å². The van der Waals surface area contributed by atoms with Crippen LogP contribution in [0.2, 0.25) is 0 Å². The van der Waals surface area contributed by atoms with Crippen molar-refractivity contribution in [3.63, 3.8) is 0 Å². The minimum absolute atomic E-state index is 0.342. The van der Waals surface area contributed by atoms with Crippen LogP contribution in [-0.4, -0.2) is 24.8 Å². The molecule has 2 aliphatic rings. The summed E-state index contributed by atoms with van der Waals surface area (Å²) in [7, 11) is 0. The van der Waals surface area contributed by atoms with Crippen molar-refractivity contribution in [1.29, 1.82) is 0 Å². The van der Waals surface area contributed by atoms with E-state index in [-0.39, 0.29) is 0 Å². The molecule has 1 saturated heterocycles. The van der Waals surface area contributed by atoms with Crippen LogP contribution in [0.5, 0.6) is 0 Å². The molecule has 1 atom stereocenters. The van der Waals surface area contributed by atoms with Crippen molar-refractivity contribution in [2.45, 2.75) is 39.2 Å². The van der Waals surface area contributed by atoms with Gasteiger partial charge in [0.15, 0.2) is 0 Å². The molecule has 0 aromatic heterocycles. The first kappa shape index (κ1) is 12.4. The van der Waals surface area contributed by atoms with Gasteiger partial charge in [-0.25, -0.2) is 0 Å². The molecule has 0 radical (unpaired) electrons. The molecular formula is C14H23N3. The molecule has 17 heavy (non-hydrogen) atoms. The third-order valence-electron chi connectivity index (χ3n) is 3.83. The first-order valence-electron chi connectivity index (χ1n) is 6.58. The summed E-state index contributed by atoms with van der Waals surface area (Å²) >= 11 is 0. The molecule has 2 rings (SSSR count). The third-order valence-corrected chi connectivity index (χ3v) is 3.83. The monoisotopic (exact) mass is 233 g/mol. The van der Waals surface area contributed by atoms with Gasteiger partial charge in [0, 0.05) is 0 Å². The van der Waals surface area contributed by atoms with Gasteiger partial charge in [0.25, 0.3) is 0 Å². The van der Waals surface area contributed by atoms with Gasteiger partial charge in [0.2, 0.25) is 0 Å². The average molecular weight is 233 g/mol. The SMILES string of the molecule is C/C(=C/N)C1=NC(C)C(CC2CCNCC2)=C1. The lowest BCUT2D eigenvalue weighted by Gasteiger charge is -2.23. The average Bonchev–Trinajstić information content (AvgIpc) is 2.71. The first-order valence-corrected chi connectivity index (χ1v) is 6.58. The molecule has 0 bridgehead atoms. The Morgan fingerprint density at radius 3 is 2.88 bits per heavy atom. The number of aliphatic imine (C=N–C) groups is 1. The Balaban J connectivity index is 1.98. The molecular weight excluding hydrogens is 210 g/mol. The lowest BCUT2D eigenvalue weighted by Crippen LogP contribution is -2.28. The van der Waals surface area contributed by atoms with Crippen LogP contribution < -0.4 is 11.1 Å². The van der Waals surface area contributed by atoms with E-state index >= 15 is 0 Å². The van der Waals surface area contributed by atoms with Crippen LogP contribution in [-0.2, 0) is 0 Å². The van der Waals surface area contributed by atoms with Crippen LogP contribution in [0.4, 0.5) is 0 Å². The van der Waals surface area contributed by atoms with E-state index in [0.29, 0.717) is 6.04 Å². The van der Waals surface area contributed by atoms with E-state index in [1.54, 1.807) is 6.20 Å². The number of hydrogen-bond acceptors (Lipinski definition) is 3. The minimum Gasteiger partial charge on any atom is -0.404 e. The summed E-state index contributed by atoms with van der Waals surface area (Å²) in [5, 5.41) is 3.41. The summed E-state index contributed by atoms with van der Waals surface area (Å²) in [4.78, 5) is 4.67. The highest BCUT2D eigenvalue weighted by Gasteiger charge is 2.21. The summed E-state index contributed by atoms with van der Waals surface area (Å²) in [5.41, 5.74) is 9.18. The first-order chi connectivity index (χ1) is 8.20. The van der Waals surface area contributed by atoms with Gasteiger partial charge < -0.3 is 11.1 Å². The van der Waals surface area contributed by atoms with Crippen LogP contribution in [0.3, 0.4) is 0 Å². The highest BCUT2D eigenvalue weighted by atomic mass is 14.9. The maximum atomic E-state index is 5.55. The normalized spacial score (nSPS) is 26.9. The quantitative estimate of drug-likeness (QED) is 0.783. The molecule has 0 aromatic carbocycles. The predicted octanol–water partition coefficient (Wildman–Crippen LogP) is 2.01. The van der Waals surface area contributed by atoms with Gasteiger partial charge in [-0.2, -0.15) is 0 Å². The van der Waals surface area contributed by atoms with Gasteiger partial charge in [0.05, 0.1) is 11.8 Å². The highest BCUT2D eigenvalue weighted by molar-refractivity contribution is 6.09. The summed E-state index contributed by atoms with van der Waals surface area (Å²) in [6.07, 6.45) is 7.69. The minimum atomic E-state index is 0.342. The molecule has 3 nitrogen and oxygen atoms in total. The van der Waals surface area contributed by atoms with Gasteiger partial charge >= 0.3 is 0 Å². The lowest BCUT2D eigenvalue weighted by molar-refractivity contribution is 0.368. The number of hydrogen-bond donors (Lipinski definition) is 2. The Labute approximate surface area is 104 Å². The standard InChI is InChI=1S/C14H23N3/c1-10(9-15)14-8-13(11(2)17-14)7-12-3-5-16-6-4-12/h8-9,11-12,16H,3-7,15H2,1-2H3/b10-9-. The molecule has 3 N–H and O–H groups in total. The second-order valence-electron chi connectivity index (χ2n) is 5.16. The van der Waals surface area contributed by atoms with Gasteiger partial charge in [-0.05, 0) is 75.5 Å². The van der Waals surface area contributed by atoms with Crippen molar-refractivity contribution >= 4 is 5.71 Å². The Kier molecular flexibility index (Phi) is 4.00. The summed E-state index contributed by atoms with van der Waals surface area (Å²) < 4.78 is 0. The summed E-state index contributed by atoms with van der Waals surface area (Å²) in [6, 6.07) is 0.342. The maximum absolute atomic E-state index is 5.55. The molecule has 0 aliphatic carbocycles. The van der Waals surface area contributed by atoms with E-state index in [1.807, 2.05) is 6.92 Å². The van der Waals surface area contributed by atoms with E-state index in [1.165, 1.54) is 37.9 Å². The molecule has 1 fully saturated rings. The van der Waals surface area contributed by atoms with E-state index in [0.717, 1.165) is 17.2 Å².